The van der Waals surface area contributed by atoms with Crippen LogP contribution in [0, 0.1) is 0 Å². The summed E-state index contributed by atoms with van der Waals surface area (Å²) in [4.78, 5) is 31.7. The average Bonchev–Trinajstić information content (AvgIpc) is 2.75. The molecule has 0 amide bonds. The summed E-state index contributed by atoms with van der Waals surface area (Å²) in [5.41, 5.74) is 0.0865. The number of hydrogen-bond acceptors (Lipinski definition) is 4. The number of benzene rings is 1. The Labute approximate surface area is 128 Å². The number of nitrogens with zero attached hydrogens (tertiary/aromatic N) is 3. The molecule has 0 unspecified atom stereocenters. The zero-order valence-electron chi connectivity index (χ0n) is 11.3. The van der Waals surface area contributed by atoms with E-state index in [1.807, 2.05) is 6.26 Å². The van der Waals surface area contributed by atoms with Gasteiger partial charge in [0.25, 0.3) is 5.56 Å². The maximum absolute atomic E-state index is 12.6. The van der Waals surface area contributed by atoms with Gasteiger partial charge in [0.05, 0.1) is 5.69 Å². The fourth-order valence-electron chi connectivity index (χ4n) is 2.20. The van der Waals surface area contributed by atoms with Crippen molar-refractivity contribution < 1.29 is 0 Å². The maximum atomic E-state index is 12.6. The van der Waals surface area contributed by atoms with Crippen LogP contribution in [0.4, 0.5) is 0 Å². The first-order valence-corrected chi connectivity index (χ1v) is 7.65. The van der Waals surface area contributed by atoms with Crippen molar-refractivity contribution in [3.8, 4) is 5.69 Å². The summed E-state index contributed by atoms with van der Waals surface area (Å²) < 4.78 is 2.72. The summed E-state index contributed by atoms with van der Waals surface area (Å²) >= 11 is 7.33. The van der Waals surface area contributed by atoms with E-state index in [1.165, 1.54) is 11.8 Å². The first kappa shape index (κ1) is 14.0. The molecule has 0 spiro atoms. The van der Waals surface area contributed by atoms with E-state index in [-0.39, 0.29) is 5.65 Å². The van der Waals surface area contributed by atoms with Crippen molar-refractivity contribution >= 4 is 34.5 Å². The van der Waals surface area contributed by atoms with Crippen molar-refractivity contribution in [2.75, 3.05) is 6.26 Å². The van der Waals surface area contributed by atoms with Gasteiger partial charge in [0, 0.05) is 12.1 Å². The molecule has 0 aliphatic heterocycles. The van der Waals surface area contributed by atoms with Gasteiger partial charge in [-0.2, -0.15) is 0 Å². The van der Waals surface area contributed by atoms with Gasteiger partial charge in [0.1, 0.15) is 0 Å². The van der Waals surface area contributed by atoms with Gasteiger partial charge in [-0.25, -0.2) is 14.3 Å². The van der Waals surface area contributed by atoms with E-state index < -0.39 is 11.2 Å². The first-order valence-electron chi connectivity index (χ1n) is 6.04. The molecule has 0 bridgehead atoms. The normalized spacial score (nSPS) is 11.2. The smallest absolute Gasteiger partial charge is 0.316 e. The van der Waals surface area contributed by atoms with Crippen molar-refractivity contribution in [2.45, 2.75) is 5.16 Å². The predicted octanol–water partition coefficient (Wildman–Crippen LogP) is 1.79. The predicted molar refractivity (Wildman–Crippen MR) is 83.7 cm³/mol. The van der Waals surface area contributed by atoms with Crippen molar-refractivity contribution in [2.24, 2.45) is 7.05 Å². The topological polar surface area (TPSA) is 72.7 Å². The Kier molecular flexibility index (Phi) is 3.38. The van der Waals surface area contributed by atoms with Crippen LogP contribution in [0.1, 0.15) is 0 Å². The molecule has 0 aliphatic rings. The number of nitrogens with one attached hydrogen (secondary N) is 1. The molecule has 1 aromatic carbocycles. The number of thioether (sulfide) groups is 1. The van der Waals surface area contributed by atoms with Crippen LogP contribution in [0.3, 0.4) is 0 Å². The standard InChI is InChI=1S/C13H11ClN4O2S/c1-17-9-10(16-13(17)21-2)15-12(20)18(11(9)19)8-5-3-4-7(14)6-8/h3-6H,1-2H3,(H,15,20). The summed E-state index contributed by atoms with van der Waals surface area (Å²) in [7, 11) is 1.74. The molecule has 0 fully saturated rings. The maximum Gasteiger partial charge on any atom is 0.334 e. The van der Waals surface area contributed by atoms with Crippen molar-refractivity contribution in [3.63, 3.8) is 0 Å². The molecule has 108 valence electrons. The van der Waals surface area contributed by atoms with Crippen LogP contribution in [-0.2, 0) is 7.05 Å². The molecular formula is C13H11ClN4O2S. The lowest BCUT2D eigenvalue weighted by Gasteiger charge is -2.05. The molecule has 0 radical (unpaired) electrons. The molecule has 2 heterocycles. The minimum Gasteiger partial charge on any atom is -0.316 e. The van der Waals surface area contributed by atoms with E-state index in [0.717, 1.165) is 4.57 Å². The molecule has 3 rings (SSSR count). The number of fused-ring (bicyclic) bond motifs is 1. The number of rotatable bonds is 2. The summed E-state index contributed by atoms with van der Waals surface area (Å²) in [6.45, 7) is 0. The zero-order valence-corrected chi connectivity index (χ0v) is 12.8. The Morgan fingerprint density at radius 3 is 2.76 bits per heavy atom. The molecule has 2 aromatic heterocycles. The SMILES string of the molecule is CSc1nc2[nH]c(=O)n(-c3cccc(Cl)c3)c(=O)c2n1C. The van der Waals surface area contributed by atoms with Crippen LogP contribution >= 0.6 is 23.4 Å². The highest BCUT2D eigenvalue weighted by molar-refractivity contribution is 7.98. The fraction of sp³-hybridized carbons (Fsp3) is 0.154. The van der Waals surface area contributed by atoms with Crippen molar-refractivity contribution in [1.29, 1.82) is 0 Å². The highest BCUT2D eigenvalue weighted by Gasteiger charge is 2.16. The Balaban J connectivity index is 2.42. The van der Waals surface area contributed by atoms with E-state index in [4.69, 9.17) is 11.6 Å². The summed E-state index contributed by atoms with van der Waals surface area (Å²) in [5, 5.41) is 1.11. The minimum absolute atomic E-state index is 0.287. The number of aryl methyl sites for hydroxylation is 1. The molecule has 6 nitrogen and oxygen atoms in total. The second-order valence-corrected chi connectivity index (χ2v) is 5.62. The van der Waals surface area contributed by atoms with Gasteiger partial charge in [-0.1, -0.05) is 29.4 Å². The highest BCUT2D eigenvalue weighted by atomic mass is 35.5. The average molecular weight is 323 g/mol. The quantitative estimate of drug-likeness (QED) is 0.730. The summed E-state index contributed by atoms with van der Waals surface area (Å²) in [6, 6.07) is 6.58. The fourth-order valence-corrected chi connectivity index (χ4v) is 2.93. The van der Waals surface area contributed by atoms with Gasteiger partial charge in [-0.3, -0.25) is 9.78 Å². The van der Waals surface area contributed by atoms with E-state index in [9.17, 15) is 9.59 Å². The van der Waals surface area contributed by atoms with Gasteiger partial charge in [-0.15, -0.1) is 0 Å². The van der Waals surface area contributed by atoms with Gasteiger partial charge >= 0.3 is 5.69 Å². The first-order chi connectivity index (χ1) is 10.0. The Hall–Kier alpha value is -1.99. The number of halogens is 1. The van der Waals surface area contributed by atoms with E-state index in [2.05, 4.69) is 9.97 Å². The third kappa shape index (κ3) is 2.18. The molecule has 8 heteroatoms. The van der Waals surface area contributed by atoms with Crippen LogP contribution in [0.15, 0.2) is 39.0 Å². The minimum atomic E-state index is -0.541. The second kappa shape index (κ2) is 5.09. The van der Waals surface area contributed by atoms with Gasteiger partial charge < -0.3 is 4.57 Å². The lowest BCUT2D eigenvalue weighted by molar-refractivity contribution is 0.806. The molecule has 0 saturated heterocycles. The van der Waals surface area contributed by atoms with Crippen LogP contribution in [-0.4, -0.2) is 25.4 Å². The lowest BCUT2D eigenvalue weighted by Crippen LogP contribution is -2.34. The molecule has 1 N–H and O–H groups in total. The monoisotopic (exact) mass is 322 g/mol. The number of aromatic nitrogens is 4. The molecule has 0 aliphatic carbocycles. The van der Waals surface area contributed by atoms with Crippen LogP contribution in [0.5, 0.6) is 0 Å². The van der Waals surface area contributed by atoms with Crippen LogP contribution in [0.2, 0.25) is 5.02 Å². The number of hydrogen-bond donors (Lipinski definition) is 1. The molecular weight excluding hydrogens is 312 g/mol. The Morgan fingerprint density at radius 2 is 2.10 bits per heavy atom. The molecule has 0 atom stereocenters. The number of imidazole rings is 1. The summed E-state index contributed by atoms with van der Waals surface area (Å²) in [5.74, 6) is 0. The van der Waals surface area contributed by atoms with Crippen molar-refractivity contribution in [3.05, 3.63) is 50.1 Å². The van der Waals surface area contributed by atoms with Crippen LogP contribution < -0.4 is 11.2 Å². The number of aromatic amines is 1. The van der Waals surface area contributed by atoms with Gasteiger partial charge in [0.15, 0.2) is 16.3 Å². The zero-order chi connectivity index (χ0) is 15.1. The second-order valence-electron chi connectivity index (χ2n) is 4.41. The van der Waals surface area contributed by atoms with Crippen LogP contribution in [0.25, 0.3) is 16.9 Å². The Bertz CT molecular complexity index is 957. The molecule has 3 aromatic rings. The van der Waals surface area contributed by atoms with E-state index in [1.54, 1.807) is 35.9 Å². The highest BCUT2D eigenvalue weighted by Crippen LogP contribution is 2.17. The largest absolute Gasteiger partial charge is 0.334 e. The lowest BCUT2D eigenvalue weighted by atomic mass is 10.3. The number of H-pyrrole nitrogens is 1. The molecule has 0 saturated carbocycles. The van der Waals surface area contributed by atoms with Gasteiger partial charge in [0.2, 0.25) is 0 Å². The van der Waals surface area contributed by atoms with Crippen molar-refractivity contribution in [1.82, 2.24) is 19.1 Å². The van der Waals surface area contributed by atoms with E-state index >= 15 is 0 Å². The van der Waals surface area contributed by atoms with Gasteiger partial charge in [-0.05, 0) is 24.5 Å². The van der Waals surface area contributed by atoms with E-state index in [0.29, 0.717) is 21.4 Å². The Morgan fingerprint density at radius 1 is 1.33 bits per heavy atom. The summed E-state index contributed by atoms with van der Waals surface area (Å²) in [6.07, 6.45) is 1.86. The third-order valence-corrected chi connectivity index (χ3v) is 4.10. The molecule has 21 heavy (non-hydrogen) atoms. The third-order valence-electron chi connectivity index (χ3n) is 3.14.